The number of hydrogen-bond acceptors (Lipinski definition) is 3. The van der Waals surface area contributed by atoms with Crippen molar-refractivity contribution < 1.29 is 0 Å². The number of anilines is 1. The monoisotopic (exact) mass is 354 g/mol. The lowest BCUT2D eigenvalue weighted by molar-refractivity contribution is 0.461. The minimum absolute atomic E-state index is 0.498. The van der Waals surface area contributed by atoms with Gasteiger partial charge in [-0.1, -0.05) is 43.9 Å². The van der Waals surface area contributed by atoms with E-state index in [1.54, 1.807) is 12.4 Å². The molecule has 1 aliphatic carbocycles. The van der Waals surface area contributed by atoms with E-state index in [2.05, 4.69) is 39.8 Å². The lowest BCUT2D eigenvalue weighted by atomic mass is 9.95. The van der Waals surface area contributed by atoms with Gasteiger partial charge in [-0.15, -0.1) is 0 Å². The molecule has 4 nitrogen and oxygen atoms in total. The van der Waals surface area contributed by atoms with E-state index in [1.807, 2.05) is 6.07 Å². The first kappa shape index (κ1) is 16.4. The van der Waals surface area contributed by atoms with Crippen LogP contribution in [-0.4, -0.2) is 20.4 Å². The average Bonchev–Trinajstić information content (AvgIpc) is 3.01. The molecule has 1 aliphatic rings. The number of fused-ring (bicyclic) bond motifs is 1. The molecule has 130 valence electrons. The molecule has 25 heavy (non-hydrogen) atoms. The van der Waals surface area contributed by atoms with E-state index in [1.165, 1.54) is 37.8 Å². The van der Waals surface area contributed by atoms with E-state index in [9.17, 15) is 0 Å². The number of nitrogens with zero attached hydrogens (tertiary/aromatic N) is 3. The maximum Gasteiger partial charge on any atom is 0.139 e. The Morgan fingerprint density at radius 1 is 1.20 bits per heavy atom. The summed E-state index contributed by atoms with van der Waals surface area (Å²) >= 11 is 6.44. The van der Waals surface area contributed by atoms with E-state index < -0.39 is 0 Å². The van der Waals surface area contributed by atoms with E-state index in [0.717, 1.165) is 29.1 Å². The van der Waals surface area contributed by atoms with Gasteiger partial charge < -0.3 is 5.32 Å². The normalized spacial score (nSPS) is 15.6. The molecule has 0 saturated heterocycles. The number of aryl methyl sites for hydroxylation is 1. The predicted molar refractivity (Wildman–Crippen MR) is 103 cm³/mol. The number of halogens is 1. The molecule has 0 atom stereocenters. The van der Waals surface area contributed by atoms with Crippen LogP contribution in [-0.2, 0) is 6.42 Å². The molecule has 4 rings (SSSR count). The summed E-state index contributed by atoms with van der Waals surface area (Å²) in [5.41, 5.74) is 4.06. The van der Waals surface area contributed by atoms with Crippen molar-refractivity contribution >= 4 is 23.1 Å². The molecule has 0 aromatic carbocycles. The molecule has 0 unspecified atom stereocenters. The number of nitrogens with one attached hydrogen (secondary N) is 1. The molecule has 3 aromatic heterocycles. The maximum atomic E-state index is 6.44. The Bertz CT molecular complexity index is 881. The van der Waals surface area contributed by atoms with Crippen molar-refractivity contribution in [2.24, 2.45) is 0 Å². The zero-order valence-corrected chi connectivity index (χ0v) is 15.3. The Morgan fingerprint density at radius 3 is 2.80 bits per heavy atom. The highest BCUT2D eigenvalue weighted by Crippen LogP contribution is 2.35. The minimum atomic E-state index is 0.498. The highest BCUT2D eigenvalue weighted by Gasteiger charge is 2.21. The number of aromatic nitrogens is 3. The van der Waals surface area contributed by atoms with Gasteiger partial charge in [-0.2, -0.15) is 0 Å². The Morgan fingerprint density at radius 2 is 2.04 bits per heavy atom. The van der Waals surface area contributed by atoms with Crippen LogP contribution in [0.1, 0.15) is 44.7 Å². The van der Waals surface area contributed by atoms with E-state index >= 15 is 0 Å². The number of imidazole rings is 1. The molecular formula is C20H23ClN4. The fraction of sp³-hybridized carbons (Fsp3) is 0.400. The van der Waals surface area contributed by atoms with Crippen molar-refractivity contribution in [2.45, 2.75) is 51.5 Å². The van der Waals surface area contributed by atoms with Gasteiger partial charge in [0.05, 0.1) is 5.02 Å². The van der Waals surface area contributed by atoms with Crippen LogP contribution >= 0.6 is 11.6 Å². The molecule has 0 radical (unpaired) electrons. The third kappa shape index (κ3) is 3.11. The molecular weight excluding hydrogens is 332 g/mol. The largest absolute Gasteiger partial charge is 0.367 e. The molecule has 0 spiro atoms. The van der Waals surface area contributed by atoms with Crippen LogP contribution in [0.2, 0.25) is 5.02 Å². The van der Waals surface area contributed by atoms with Crippen LogP contribution in [0.25, 0.3) is 16.9 Å². The Hall–Kier alpha value is -2.07. The second-order valence-electron chi connectivity index (χ2n) is 6.71. The smallest absolute Gasteiger partial charge is 0.139 e. The quantitative estimate of drug-likeness (QED) is 0.686. The van der Waals surface area contributed by atoms with E-state index in [-0.39, 0.29) is 0 Å². The van der Waals surface area contributed by atoms with Crippen molar-refractivity contribution in [3.63, 3.8) is 0 Å². The SMILES string of the molecule is CCc1cccc2nc(-c3ccncc3Cl)c(NC3CCCCC3)n12. The van der Waals surface area contributed by atoms with Gasteiger partial charge in [-0.05, 0) is 37.5 Å². The van der Waals surface area contributed by atoms with Crippen molar-refractivity contribution in [2.75, 3.05) is 5.32 Å². The summed E-state index contributed by atoms with van der Waals surface area (Å²) in [7, 11) is 0. The first-order chi connectivity index (χ1) is 12.3. The van der Waals surface area contributed by atoms with Crippen LogP contribution in [0.4, 0.5) is 5.82 Å². The molecule has 3 aromatic rings. The first-order valence-electron chi connectivity index (χ1n) is 9.14. The Labute approximate surface area is 153 Å². The predicted octanol–water partition coefficient (Wildman–Crippen LogP) is 5.36. The molecule has 1 N–H and O–H groups in total. The fourth-order valence-corrected chi connectivity index (χ4v) is 3.97. The van der Waals surface area contributed by atoms with Gasteiger partial charge in [0.2, 0.25) is 0 Å². The van der Waals surface area contributed by atoms with Gasteiger partial charge in [0, 0.05) is 29.7 Å². The number of pyridine rings is 2. The second-order valence-corrected chi connectivity index (χ2v) is 7.12. The van der Waals surface area contributed by atoms with Crippen LogP contribution in [0, 0.1) is 0 Å². The average molecular weight is 355 g/mol. The lowest BCUT2D eigenvalue weighted by Gasteiger charge is -2.24. The van der Waals surface area contributed by atoms with Crippen molar-refractivity contribution in [3.05, 3.63) is 47.4 Å². The third-order valence-corrected chi connectivity index (χ3v) is 5.36. The van der Waals surface area contributed by atoms with Crippen molar-refractivity contribution in [3.8, 4) is 11.3 Å². The molecule has 1 fully saturated rings. The zero-order valence-electron chi connectivity index (χ0n) is 14.5. The van der Waals surface area contributed by atoms with Crippen LogP contribution in [0.15, 0.2) is 36.7 Å². The summed E-state index contributed by atoms with van der Waals surface area (Å²) in [6.45, 7) is 2.18. The van der Waals surface area contributed by atoms with Crippen LogP contribution in [0.3, 0.4) is 0 Å². The second kappa shape index (κ2) is 7.04. The first-order valence-corrected chi connectivity index (χ1v) is 9.52. The van der Waals surface area contributed by atoms with Gasteiger partial charge in [-0.3, -0.25) is 9.38 Å². The zero-order chi connectivity index (χ0) is 17.2. The number of rotatable bonds is 4. The highest BCUT2D eigenvalue weighted by molar-refractivity contribution is 6.33. The van der Waals surface area contributed by atoms with Gasteiger partial charge in [0.25, 0.3) is 0 Å². The molecule has 3 heterocycles. The standard InChI is InChI=1S/C20H23ClN4/c1-2-15-9-6-10-18-24-19(16-11-12-22-13-17(16)21)20(25(15)18)23-14-7-4-3-5-8-14/h6,9-14,23H,2-5,7-8H2,1H3. The van der Waals surface area contributed by atoms with Gasteiger partial charge in [-0.25, -0.2) is 4.98 Å². The molecule has 0 amide bonds. The van der Waals surface area contributed by atoms with E-state index in [0.29, 0.717) is 11.1 Å². The van der Waals surface area contributed by atoms with Crippen molar-refractivity contribution in [1.82, 2.24) is 14.4 Å². The lowest BCUT2D eigenvalue weighted by Crippen LogP contribution is -2.23. The molecule has 0 bridgehead atoms. The van der Waals surface area contributed by atoms with E-state index in [4.69, 9.17) is 16.6 Å². The molecule has 0 aliphatic heterocycles. The Kier molecular flexibility index (Phi) is 4.62. The summed E-state index contributed by atoms with van der Waals surface area (Å²) in [6.07, 6.45) is 10.8. The summed E-state index contributed by atoms with van der Waals surface area (Å²) in [6, 6.07) is 8.74. The topological polar surface area (TPSA) is 42.2 Å². The maximum absolute atomic E-state index is 6.44. The summed E-state index contributed by atoms with van der Waals surface area (Å²) in [5, 5.41) is 4.43. The minimum Gasteiger partial charge on any atom is -0.367 e. The summed E-state index contributed by atoms with van der Waals surface area (Å²) in [4.78, 5) is 9.02. The van der Waals surface area contributed by atoms with Crippen molar-refractivity contribution in [1.29, 1.82) is 0 Å². The third-order valence-electron chi connectivity index (χ3n) is 5.06. The van der Waals surface area contributed by atoms with Crippen LogP contribution < -0.4 is 5.32 Å². The summed E-state index contributed by atoms with van der Waals surface area (Å²) < 4.78 is 2.25. The highest BCUT2D eigenvalue weighted by atomic mass is 35.5. The number of hydrogen-bond donors (Lipinski definition) is 1. The van der Waals surface area contributed by atoms with Gasteiger partial charge in [0.15, 0.2) is 0 Å². The Balaban J connectivity index is 1.89. The molecule has 1 saturated carbocycles. The van der Waals surface area contributed by atoms with Gasteiger partial charge >= 0.3 is 0 Å². The van der Waals surface area contributed by atoms with Crippen LogP contribution in [0.5, 0.6) is 0 Å². The summed E-state index contributed by atoms with van der Waals surface area (Å²) in [5.74, 6) is 1.06. The molecule has 5 heteroatoms. The van der Waals surface area contributed by atoms with Gasteiger partial charge in [0.1, 0.15) is 17.2 Å². The fourth-order valence-electron chi connectivity index (χ4n) is 3.76.